The van der Waals surface area contributed by atoms with E-state index in [1.807, 2.05) is 6.92 Å². The van der Waals surface area contributed by atoms with Gasteiger partial charge in [0.2, 0.25) is 0 Å². The van der Waals surface area contributed by atoms with E-state index in [2.05, 4.69) is 5.32 Å². The Morgan fingerprint density at radius 3 is 2.54 bits per heavy atom. The van der Waals surface area contributed by atoms with Crippen molar-refractivity contribution < 1.29 is 9.50 Å². The molecule has 0 aliphatic rings. The number of hydrogen-bond acceptors (Lipinski definition) is 2. The second-order valence-corrected chi connectivity index (χ2v) is 3.09. The van der Waals surface area contributed by atoms with E-state index in [-0.39, 0.29) is 18.5 Å². The van der Waals surface area contributed by atoms with E-state index >= 15 is 0 Å². The molecule has 0 aromatic heterocycles. The highest BCUT2D eigenvalue weighted by Crippen LogP contribution is 2.02. The van der Waals surface area contributed by atoms with Crippen LogP contribution in [0.1, 0.15) is 12.5 Å². The van der Waals surface area contributed by atoms with Crippen molar-refractivity contribution in [1.82, 2.24) is 5.32 Å². The molecule has 0 radical (unpaired) electrons. The number of halogens is 1. The van der Waals surface area contributed by atoms with E-state index in [1.54, 1.807) is 12.1 Å². The summed E-state index contributed by atoms with van der Waals surface area (Å²) in [5.74, 6) is -0.223. The first kappa shape index (κ1) is 10.2. The van der Waals surface area contributed by atoms with Crippen molar-refractivity contribution >= 4 is 0 Å². The highest BCUT2D eigenvalue weighted by atomic mass is 19.1. The van der Waals surface area contributed by atoms with Gasteiger partial charge in [-0.05, 0) is 24.6 Å². The first-order chi connectivity index (χ1) is 6.22. The highest BCUT2D eigenvalue weighted by molar-refractivity contribution is 5.15. The van der Waals surface area contributed by atoms with E-state index in [4.69, 9.17) is 5.11 Å². The molecule has 0 aliphatic heterocycles. The lowest BCUT2D eigenvalue weighted by Gasteiger charge is -2.10. The van der Waals surface area contributed by atoms with Gasteiger partial charge in [-0.25, -0.2) is 4.39 Å². The molecule has 13 heavy (non-hydrogen) atoms. The van der Waals surface area contributed by atoms with Gasteiger partial charge in [-0.2, -0.15) is 0 Å². The lowest BCUT2D eigenvalue weighted by Crippen LogP contribution is -2.28. The van der Waals surface area contributed by atoms with Crippen LogP contribution in [0.4, 0.5) is 4.39 Å². The Morgan fingerprint density at radius 1 is 1.38 bits per heavy atom. The third-order valence-corrected chi connectivity index (χ3v) is 1.84. The van der Waals surface area contributed by atoms with Crippen molar-refractivity contribution in [1.29, 1.82) is 0 Å². The van der Waals surface area contributed by atoms with Gasteiger partial charge < -0.3 is 10.4 Å². The fourth-order valence-electron chi connectivity index (χ4n) is 0.959. The SMILES string of the molecule is C[C@@H](CO)NCc1ccc(F)cc1. The van der Waals surface area contributed by atoms with Gasteiger partial charge in [-0.1, -0.05) is 12.1 Å². The Balaban J connectivity index is 2.41. The van der Waals surface area contributed by atoms with E-state index in [1.165, 1.54) is 12.1 Å². The van der Waals surface area contributed by atoms with Crippen molar-refractivity contribution in [2.24, 2.45) is 0 Å². The molecular formula is C10H14FNO. The molecule has 1 atom stereocenters. The lowest BCUT2D eigenvalue weighted by atomic mass is 10.2. The summed E-state index contributed by atoms with van der Waals surface area (Å²) < 4.78 is 12.5. The molecule has 2 N–H and O–H groups in total. The van der Waals surface area contributed by atoms with Crippen LogP contribution in [0.3, 0.4) is 0 Å². The van der Waals surface area contributed by atoms with Crippen LogP contribution in [-0.4, -0.2) is 17.8 Å². The number of aliphatic hydroxyl groups excluding tert-OH is 1. The Bertz CT molecular complexity index is 248. The fraction of sp³-hybridized carbons (Fsp3) is 0.400. The van der Waals surface area contributed by atoms with Crippen LogP contribution in [-0.2, 0) is 6.54 Å². The maximum Gasteiger partial charge on any atom is 0.123 e. The minimum absolute atomic E-state index is 0.0741. The summed E-state index contributed by atoms with van der Waals surface area (Å²) in [6.07, 6.45) is 0. The van der Waals surface area contributed by atoms with Gasteiger partial charge in [0.15, 0.2) is 0 Å². The van der Waals surface area contributed by atoms with Crippen LogP contribution in [0.25, 0.3) is 0 Å². The number of rotatable bonds is 4. The van der Waals surface area contributed by atoms with Gasteiger partial charge >= 0.3 is 0 Å². The molecule has 0 heterocycles. The third kappa shape index (κ3) is 3.53. The topological polar surface area (TPSA) is 32.3 Å². The summed E-state index contributed by atoms with van der Waals surface area (Å²) in [7, 11) is 0. The zero-order valence-electron chi connectivity index (χ0n) is 7.63. The standard InChI is InChI=1S/C10H14FNO/c1-8(7-13)12-6-9-2-4-10(11)5-3-9/h2-5,8,12-13H,6-7H2,1H3/t8-/m0/s1. The predicted octanol–water partition coefficient (Wildman–Crippen LogP) is 1.30. The van der Waals surface area contributed by atoms with Gasteiger partial charge in [-0.3, -0.25) is 0 Å². The first-order valence-electron chi connectivity index (χ1n) is 4.31. The maximum absolute atomic E-state index is 12.5. The van der Waals surface area contributed by atoms with Gasteiger partial charge in [0.05, 0.1) is 6.61 Å². The molecule has 0 saturated heterocycles. The van der Waals surface area contributed by atoms with E-state index in [9.17, 15) is 4.39 Å². The summed E-state index contributed by atoms with van der Waals surface area (Å²) >= 11 is 0. The molecule has 0 unspecified atom stereocenters. The van der Waals surface area contributed by atoms with Crippen LogP contribution >= 0.6 is 0 Å². The Kier molecular flexibility index (Phi) is 3.86. The lowest BCUT2D eigenvalue weighted by molar-refractivity contribution is 0.251. The fourth-order valence-corrected chi connectivity index (χ4v) is 0.959. The summed E-state index contributed by atoms with van der Waals surface area (Å²) in [6.45, 7) is 2.66. The molecular weight excluding hydrogens is 169 g/mol. The van der Waals surface area contributed by atoms with Gasteiger partial charge in [0.25, 0.3) is 0 Å². The van der Waals surface area contributed by atoms with Crippen LogP contribution in [0, 0.1) is 5.82 Å². The monoisotopic (exact) mass is 183 g/mol. The largest absolute Gasteiger partial charge is 0.395 e. The molecule has 1 rings (SSSR count). The van der Waals surface area contributed by atoms with E-state index in [0.29, 0.717) is 6.54 Å². The molecule has 2 nitrogen and oxygen atoms in total. The smallest absolute Gasteiger partial charge is 0.123 e. The number of aliphatic hydroxyl groups is 1. The van der Waals surface area contributed by atoms with Crippen molar-refractivity contribution in [2.45, 2.75) is 19.5 Å². The average Bonchev–Trinajstić information content (AvgIpc) is 2.16. The number of hydrogen-bond donors (Lipinski definition) is 2. The van der Waals surface area contributed by atoms with Crippen molar-refractivity contribution in [3.05, 3.63) is 35.6 Å². The summed E-state index contributed by atoms with van der Waals surface area (Å²) in [4.78, 5) is 0. The Morgan fingerprint density at radius 2 is 2.00 bits per heavy atom. The van der Waals surface area contributed by atoms with E-state index < -0.39 is 0 Å². The summed E-state index contributed by atoms with van der Waals surface area (Å²) in [5, 5.41) is 11.8. The normalized spacial score (nSPS) is 12.8. The zero-order chi connectivity index (χ0) is 9.68. The van der Waals surface area contributed by atoms with Crippen molar-refractivity contribution in [3.63, 3.8) is 0 Å². The quantitative estimate of drug-likeness (QED) is 0.737. The second-order valence-electron chi connectivity index (χ2n) is 3.09. The van der Waals surface area contributed by atoms with Crippen molar-refractivity contribution in [2.75, 3.05) is 6.61 Å². The average molecular weight is 183 g/mol. The van der Waals surface area contributed by atoms with Gasteiger partial charge in [0.1, 0.15) is 5.82 Å². The van der Waals surface area contributed by atoms with Gasteiger partial charge in [-0.15, -0.1) is 0 Å². The molecule has 0 saturated carbocycles. The Labute approximate surface area is 77.4 Å². The Hall–Kier alpha value is -0.930. The molecule has 72 valence electrons. The van der Waals surface area contributed by atoms with Gasteiger partial charge in [0, 0.05) is 12.6 Å². The molecule has 3 heteroatoms. The van der Waals surface area contributed by atoms with Crippen LogP contribution in [0.15, 0.2) is 24.3 Å². The molecule has 0 amide bonds. The summed E-state index contributed by atoms with van der Waals surface area (Å²) in [5.41, 5.74) is 1.02. The molecule has 0 spiro atoms. The molecule has 0 fully saturated rings. The minimum atomic E-state index is -0.223. The van der Waals surface area contributed by atoms with Crippen LogP contribution in [0.5, 0.6) is 0 Å². The second kappa shape index (κ2) is 4.94. The predicted molar refractivity (Wildman–Crippen MR) is 49.8 cm³/mol. The molecule has 1 aromatic carbocycles. The third-order valence-electron chi connectivity index (χ3n) is 1.84. The minimum Gasteiger partial charge on any atom is -0.395 e. The van der Waals surface area contributed by atoms with Crippen molar-refractivity contribution in [3.8, 4) is 0 Å². The maximum atomic E-state index is 12.5. The van der Waals surface area contributed by atoms with E-state index in [0.717, 1.165) is 5.56 Å². The highest BCUT2D eigenvalue weighted by Gasteiger charge is 1.98. The molecule has 0 bridgehead atoms. The number of nitrogens with one attached hydrogen (secondary N) is 1. The molecule has 0 aliphatic carbocycles. The zero-order valence-corrected chi connectivity index (χ0v) is 7.63. The first-order valence-corrected chi connectivity index (χ1v) is 4.31. The van der Waals surface area contributed by atoms with Crippen LogP contribution < -0.4 is 5.32 Å². The summed E-state index contributed by atoms with van der Waals surface area (Å²) in [6, 6.07) is 6.39. The molecule has 1 aromatic rings. The number of benzene rings is 1. The van der Waals surface area contributed by atoms with Crippen LogP contribution in [0.2, 0.25) is 0 Å².